The Morgan fingerprint density at radius 3 is 2.58 bits per heavy atom. The van der Waals surface area contributed by atoms with Gasteiger partial charge in [0.1, 0.15) is 11.4 Å². The van der Waals surface area contributed by atoms with E-state index in [2.05, 4.69) is 18.0 Å². The maximum Gasteiger partial charge on any atom is 0.335 e. The number of aryl methyl sites for hydroxylation is 1. The van der Waals surface area contributed by atoms with Crippen molar-refractivity contribution >= 4 is 11.9 Å². The van der Waals surface area contributed by atoms with Crippen LogP contribution in [0.2, 0.25) is 0 Å². The van der Waals surface area contributed by atoms with E-state index in [0.717, 1.165) is 37.8 Å². The van der Waals surface area contributed by atoms with Gasteiger partial charge in [0.15, 0.2) is 0 Å². The van der Waals surface area contributed by atoms with Crippen molar-refractivity contribution in [1.29, 1.82) is 0 Å². The predicted molar refractivity (Wildman–Crippen MR) is 103 cm³/mol. The molecular weight excluding hydrogens is 330 g/mol. The van der Waals surface area contributed by atoms with Gasteiger partial charge >= 0.3 is 11.9 Å². The molecule has 26 heavy (non-hydrogen) atoms. The second kappa shape index (κ2) is 10.8. The lowest BCUT2D eigenvalue weighted by molar-refractivity contribution is -0.153. The third-order valence-electron chi connectivity index (χ3n) is 3.70. The number of hydrogen-bond donors (Lipinski definition) is 1. The molecule has 0 aliphatic carbocycles. The van der Waals surface area contributed by atoms with Gasteiger partial charge in [-0.1, -0.05) is 25.6 Å². The maximum absolute atomic E-state index is 11.6. The number of unbranched alkanes of at least 4 members (excludes halogenated alkanes) is 1. The molecule has 0 heterocycles. The van der Waals surface area contributed by atoms with Crippen LogP contribution in [0.25, 0.3) is 0 Å². The van der Waals surface area contributed by atoms with Gasteiger partial charge in [-0.15, -0.1) is 0 Å². The molecule has 0 saturated carbocycles. The largest absolute Gasteiger partial charge is 0.459 e. The molecule has 0 aromatic heterocycles. The Morgan fingerprint density at radius 2 is 1.96 bits per heavy atom. The van der Waals surface area contributed by atoms with Crippen molar-refractivity contribution < 1.29 is 19.1 Å². The number of nitrogens with one attached hydrogen (secondary N) is 1. The normalized spacial score (nSPS) is 11.1. The molecule has 0 aliphatic heterocycles. The lowest BCUT2D eigenvalue weighted by Gasteiger charge is -2.19. The van der Waals surface area contributed by atoms with Crippen LogP contribution in [0.15, 0.2) is 30.9 Å². The van der Waals surface area contributed by atoms with Crippen LogP contribution in [0, 0.1) is 0 Å². The van der Waals surface area contributed by atoms with E-state index >= 15 is 0 Å². The first-order chi connectivity index (χ1) is 12.3. The van der Waals surface area contributed by atoms with Crippen LogP contribution in [-0.4, -0.2) is 30.6 Å². The molecule has 0 amide bonds. The smallest absolute Gasteiger partial charge is 0.335 e. The predicted octanol–water partition coefficient (Wildman–Crippen LogP) is 3.59. The Morgan fingerprint density at radius 1 is 1.23 bits per heavy atom. The SMILES string of the molecule is C=CC(=O)Oc1cccc(CCCCNCC(=O)OC(C)(C)C)c1CC. The summed E-state index contributed by atoms with van der Waals surface area (Å²) in [6.07, 6.45) is 4.79. The average Bonchev–Trinajstić information content (AvgIpc) is 2.56. The van der Waals surface area contributed by atoms with Crippen LogP contribution >= 0.6 is 0 Å². The molecule has 5 heteroatoms. The minimum Gasteiger partial charge on any atom is -0.459 e. The molecule has 0 unspecified atom stereocenters. The first-order valence-electron chi connectivity index (χ1n) is 9.14. The van der Waals surface area contributed by atoms with Crippen LogP contribution in [-0.2, 0) is 27.2 Å². The number of esters is 2. The fourth-order valence-corrected chi connectivity index (χ4v) is 2.63. The third kappa shape index (κ3) is 8.30. The van der Waals surface area contributed by atoms with Gasteiger partial charge in [-0.2, -0.15) is 0 Å². The average molecular weight is 361 g/mol. The van der Waals surface area contributed by atoms with Crippen molar-refractivity contribution in [3.63, 3.8) is 0 Å². The minimum absolute atomic E-state index is 0.227. The molecule has 0 bridgehead atoms. The molecule has 1 aromatic rings. The first-order valence-corrected chi connectivity index (χ1v) is 9.14. The van der Waals surface area contributed by atoms with Gasteiger partial charge in [-0.25, -0.2) is 4.79 Å². The minimum atomic E-state index is -0.449. The summed E-state index contributed by atoms with van der Waals surface area (Å²) < 4.78 is 10.6. The molecule has 0 atom stereocenters. The lowest BCUT2D eigenvalue weighted by Crippen LogP contribution is -2.31. The molecule has 5 nitrogen and oxygen atoms in total. The highest BCUT2D eigenvalue weighted by Gasteiger charge is 2.15. The quantitative estimate of drug-likeness (QED) is 0.299. The lowest BCUT2D eigenvalue weighted by atomic mass is 9.99. The second-order valence-corrected chi connectivity index (χ2v) is 7.09. The summed E-state index contributed by atoms with van der Waals surface area (Å²) in [6, 6.07) is 5.78. The summed E-state index contributed by atoms with van der Waals surface area (Å²) in [5, 5.41) is 3.11. The highest BCUT2D eigenvalue weighted by atomic mass is 16.6. The van der Waals surface area contributed by atoms with Crippen molar-refractivity contribution in [2.24, 2.45) is 0 Å². The van der Waals surface area contributed by atoms with Gasteiger partial charge in [0, 0.05) is 6.08 Å². The summed E-state index contributed by atoms with van der Waals surface area (Å²) in [7, 11) is 0. The summed E-state index contributed by atoms with van der Waals surface area (Å²) in [5.74, 6) is -0.0661. The van der Waals surface area contributed by atoms with Gasteiger partial charge in [0.2, 0.25) is 0 Å². The molecule has 1 rings (SSSR count). The molecule has 0 saturated heterocycles. The van der Waals surface area contributed by atoms with Crippen LogP contribution in [0.4, 0.5) is 0 Å². The van der Waals surface area contributed by atoms with Crippen LogP contribution in [0.1, 0.15) is 51.7 Å². The van der Waals surface area contributed by atoms with E-state index < -0.39 is 11.6 Å². The van der Waals surface area contributed by atoms with Gasteiger partial charge in [-0.05, 0) is 70.2 Å². The van der Waals surface area contributed by atoms with Gasteiger partial charge < -0.3 is 14.8 Å². The summed E-state index contributed by atoms with van der Waals surface area (Å²) in [5.41, 5.74) is 1.80. The molecule has 144 valence electrons. The standard InChI is InChI=1S/C21H31NO4/c1-6-17-16(12-10-13-18(17)25-19(23)7-2)11-8-9-14-22-15-20(24)26-21(3,4)5/h7,10,12-13,22H,2,6,8-9,11,14-15H2,1,3-5H3. The number of ether oxygens (including phenoxy) is 2. The first kappa shape index (κ1) is 21.9. The monoisotopic (exact) mass is 361 g/mol. The van der Waals surface area contributed by atoms with Crippen LogP contribution < -0.4 is 10.1 Å². The molecule has 1 aromatic carbocycles. The summed E-state index contributed by atoms with van der Waals surface area (Å²) in [6.45, 7) is 12.0. The van der Waals surface area contributed by atoms with E-state index in [1.54, 1.807) is 0 Å². The Hall–Kier alpha value is -2.14. The molecule has 0 fully saturated rings. The number of benzene rings is 1. The molecule has 1 N–H and O–H groups in total. The zero-order chi connectivity index (χ0) is 19.6. The highest BCUT2D eigenvalue weighted by Crippen LogP contribution is 2.24. The third-order valence-corrected chi connectivity index (χ3v) is 3.70. The summed E-state index contributed by atoms with van der Waals surface area (Å²) >= 11 is 0. The Bertz CT molecular complexity index is 617. The second-order valence-electron chi connectivity index (χ2n) is 7.09. The Kier molecular flexibility index (Phi) is 9.07. The topological polar surface area (TPSA) is 64.6 Å². The number of carbonyl (C=O) groups excluding carboxylic acids is 2. The Labute approximate surface area is 156 Å². The van der Waals surface area contributed by atoms with Crippen molar-refractivity contribution in [3.8, 4) is 5.75 Å². The fraction of sp³-hybridized carbons (Fsp3) is 0.524. The van der Waals surface area contributed by atoms with Crippen molar-refractivity contribution in [3.05, 3.63) is 42.0 Å². The van der Waals surface area contributed by atoms with Gasteiger partial charge in [0.25, 0.3) is 0 Å². The van der Waals surface area contributed by atoms with Gasteiger partial charge in [-0.3, -0.25) is 4.79 Å². The number of rotatable bonds is 10. The highest BCUT2D eigenvalue weighted by molar-refractivity contribution is 5.83. The number of carbonyl (C=O) groups is 2. The van der Waals surface area contributed by atoms with Crippen molar-refractivity contribution in [2.75, 3.05) is 13.1 Å². The van der Waals surface area contributed by atoms with Crippen LogP contribution in [0.3, 0.4) is 0 Å². The molecular formula is C21H31NO4. The van der Waals surface area contributed by atoms with E-state index in [-0.39, 0.29) is 12.5 Å². The fourth-order valence-electron chi connectivity index (χ4n) is 2.63. The number of hydrogen-bond acceptors (Lipinski definition) is 5. The van der Waals surface area contributed by atoms with E-state index in [4.69, 9.17) is 9.47 Å². The van der Waals surface area contributed by atoms with Crippen LogP contribution in [0.5, 0.6) is 5.75 Å². The molecule has 0 radical (unpaired) electrons. The van der Waals surface area contributed by atoms with E-state index in [1.165, 1.54) is 11.6 Å². The summed E-state index contributed by atoms with van der Waals surface area (Å²) in [4.78, 5) is 23.1. The van der Waals surface area contributed by atoms with E-state index in [0.29, 0.717) is 5.75 Å². The van der Waals surface area contributed by atoms with E-state index in [1.807, 2.05) is 39.8 Å². The zero-order valence-corrected chi connectivity index (χ0v) is 16.4. The molecule has 0 aliphatic rings. The van der Waals surface area contributed by atoms with Gasteiger partial charge in [0.05, 0.1) is 6.54 Å². The maximum atomic E-state index is 11.6. The zero-order valence-electron chi connectivity index (χ0n) is 16.4. The Balaban J connectivity index is 2.41. The van der Waals surface area contributed by atoms with E-state index in [9.17, 15) is 9.59 Å². The molecule has 0 spiro atoms. The van der Waals surface area contributed by atoms with Crippen molar-refractivity contribution in [1.82, 2.24) is 5.32 Å². The van der Waals surface area contributed by atoms with Crippen molar-refractivity contribution in [2.45, 2.75) is 59.0 Å².